The minimum atomic E-state index is -0.371. The van der Waals surface area contributed by atoms with Crippen LogP contribution in [0.4, 0.5) is 0 Å². The van der Waals surface area contributed by atoms with E-state index in [9.17, 15) is 0 Å². The summed E-state index contributed by atoms with van der Waals surface area (Å²) >= 11 is 0. The SMILES string of the molecule is CC(C)[SiH2]c1nc2cc3ccccc3cc2o1. The topological polar surface area (TPSA) is 26.0 Å². The Balaban J connectivity index is 2.18. The number of aromatic nitrogens is 1. The highest BCUT2D eigenvalue weighted by atomic mass is 28.2. The third kappa shape index (κ3) is 1.98. The molecule has 0 amide bonds. The second-order valence-corrected chi connectivity index (χ2v) is 7.52. The Labute approximate surface area is 102 Å². The molecule has 0 N–H and O–H groups in total. The van der Waals surface area contributed by atoms with Crippen molar-refractivity contribution in [2.75, 3.05) is 0 Å². The molecule has 0 unspecified atom stereocenters. The van der Waals surface area contributed by atoms with Gasteiger partial charge in [-0.05, 0) is 28.4 Å². The molecule has 3 rings (SSSR count). The first-order valence-corrected chi connectivity index (χ1v) is 7.53. The van der Waals surface area contributed by atoms with Gasteiger partial charge in [0, 0.05) is 0 Å². The fourth-order valence-corrected chi connectivity index (χ4v) is 3.30. The Bertz CT molecular complexity index is 620. The quantitative estimate of drug-likeness (QED) is 0.645. The molecule has 0 aliphatic rings. The van der Waals surface area contributed by atoms with E-state index in [0.717, 1.165) is 16.6 Å². The van der Waals surface area contributed by atoms with Gasteiger partial charge in [-0.1, -0.05) is 38.1 Å². The molecule has 1 aromatic heterocycles. The number of hydrogen-bond acceptors (Lipinski definition) is 2. The molecule has 0 saturated carbocycles. The Hall–Kier alpha value is -1.61. The second-order valence-electron chi connectivity index (χ2n) is 4.87. The minimum Gasteiger partial charge on any atom is -0.446 e. The molecule has 2 nitrogen and oxygen atoms in total. The van der Waals surface area contributed by atoms with Crippen LogP contribution in [0, 0.1) is 0 Å². The average molecular weight is 241 g/mol. The molecule has 0 bridgehead atoms. The molecule has 0 atom stereocenters. The van der Waals surface area contributed by atoms with Gasteiger partial charge in [0.15, 0.2) is 11.1 Å². The molecule has 86 valence electrons. The van der Waals surface area contributed by atoms with Gasteiger partial charge in [0.1, 0.15) is 15.0 Å². The fourth-order valence-electron chi connectivity index (χ4n) is 2.10. The predicted octanol–water partition coefficient (Wildman–Crippen LogP) is 2.60. The van der Waals surface area contributed by atoms with E-state index < -0.39 is 0 Å². The van der Waals surface area contributed by atoms with Crippen molar-refractivity contribution in [3.05, 3.63) is 36.4 Å². The first-order chi connectivity index (χ1) is 8.22. The maximum absolute atomic E-state index is 5.84. The number of fused-ring (bicyclic) bond motifs is 2. The van der Waals surface area contributed by atoms with Gasteiger partial charge in [0.2, 0.25) is 0 Å². The molecule has 0 fully saturated rings. The molecule has 17 heavy (non-hydrogen) atoms. The zero-order valence-corrected chi connectivity index (χ0v) is 11.5. The van der Waals surface area contributed by atoms with Gasteiger partial charge in [0.25, 0.3) is 0 Å². The smallest absolute Gasteiger partial charge is 0.160 e. The van der Waals surface area contributed by atoms with Gasteiger partial charge in [-0.25, -0.2) is 4.98 Å². The van der Waals surface area contributed by atoms with E-state index in [1.54, 1.807) is 0 Å². The Morgan fingerprint density at radius 2 is 1.82 bits per heavy atom. The van der Waals surface area contributed by atoms with Gasteiger partial charge >= 0.3 is 0 Å². The van der Waals surface area contributed by atoms with E-state index in [1.165, 1.54) is 10.8 Å². The molecule has 2 aromatic carbocycles. The van der Waals surface area contributed by atoms with Crippen molar-refractivity contribution >= 4 is 36.9 Å². The van der Waals surface area contributed by atoms with Crippen LogP contribution in [-0.2, 0) is 0 Å². The van der Waals surface area contributed by atoms with Crippen molar-refractivity contribution in [2.45, 2.75) is 19.4 Å². The fraction of sp³-hybridized carbons (Fsp3) is 0.214. The van der Waals surface area contributed by atoms with Crippen LogP contribution in [-0.4, -0.2) is 14.5 Å². The lowest BCUT2D eigenvalue weighted by atomic mass is 10.1. The zero-order chi connectivity index (χ0) is 11.8. The van der Waals surface area contributed by atoms with Crippen LogP contribution in [0.1, 0.15) is 13.8 Å². The van der Waals surface area contributed by atoms with Crippen molar-refractivity contribution in [1.29, 1.82) is 0 Å². The van der Waals surface area contributed by atoms with Crippen LogP contribution >= 0.6 is 0 Å². The number of hydrogen-bond donors (Lipinski definition) is 0. The molecule has 0 aliphatic carbocycles. The summed E-state index contributed by atoms with van der Waals surface area (Å²) in [4.78, 5) is 4.60. The van der Waals surface area contributed by atoms with Gasteiger partial charge in [-0.15, -0.1) is 0 Å². The van der Waals surface area contributed by atoms with E-state index in [0.29, 0.717) is 5.54 Å². The minimum absolute atomic E-state index is 0.371. The molecule has 0 aliphatic heterocycles. The Morgan fingerprint density at radius 3 is 2.53 bits per heavy atom. The van der Waals surface area contributed by atoms with Crippen LogP contribution in [0.2, 0.25) is 5.54 Å². The van der Waals surface area contributed by atoms with E-state index in [1.807, 2.05) is 6.07 Å². The van der Waals surface area contributed by atoms with Crippen molar-refractivity contribution in [3.63, 3.8) is 0 Å². The summed E-state index contributed by atoms with van der Waals surface area (Å²) in [6, 6.07) is 12.5. The Morgan fingerprint density at radius 1 is 1.12 bits per heavy atom. The van der Waals surface area contributed by atoms with Crippen molar-refractivity contribution < 1.29 is 4.42 Å². The molecule has 3 aromatic rings. The van der Waals surface area contributed by atoms with Crippen molar-refractivity contribution in [3.8, 4) is 0 Å². The second kappa shape index (κ2) is 4.00. The van der Waals surface area contributed by atoms with Crippen LogP contribution in [0.25, 0.3) is 21.9 Å². The molecule has 1 heterocycles. The van der Waals surface area contributed by atoms with Gasteiger partial charge < -0.3 is 4.42 Å². The summed E-state index contributed by atoms with van der Waals surface area (Å²) < 4.78 is 5.84. The van der Waals surface area contributed by atoms with E-state index in [-0.39, 0.29) is 9.52 Å². The lowest BCUT2D eigenvalue weighted by Gasteiger charge is -1.95. The summed E-state index contributed by atoms with van der Waals surface area (Å²) in [7, 11) is -0.371. The maximum atomic E-state index is 5.84. The maximum Gasteiger partial charge on any atom is 0.160 e. The zero-order valence-electron chi connectivity index (χ0n) is 10.1. The molecular formula is C14H15NOSi. The Kier molecular flexibility index (Phi) is 2.48. The van der Waals surface area contributed by atoms with E-state index in [2.05, 4.69) is 49.2 Å². The standard InChI is InChI=1S/C14H15NOSi/c1-9(2)17-14-15-12-7-10-5-3-4-6-11(10)8-13(12)16-14/h3-9H,17H2,1-2H3. The average Bonchev–Trinajstić information content (AvgIpc) is 2.65. The largest absolute Gasteiger partial charge is 0.446 e. The third-order valence-corrected chi connectivity index (χ3v) is 4.35. The molecule has 0 saturated heterocycles. The predicted molar refractivity (Wildman–Crippen MR) is 74.8 cm³/mol. The highest BCUT2D eigenvalue weighted by Gasteiger charge is 2.08. The highest BCUT2D eigenvalue weighted by Crippen LogP contribution is 2.21. The van der Waals surface area contributed by atoms with Crippen molar-refractivity contribution in [2.24, 2.45) is 0 Å². The summed E-state index contributed by atoms with van der Waals surface area (Å²) in [5, 5.41) is 2.44. The van der Waals surface area contributed by atoms with Gasteiger partial charge in [0.05, 0.1) is 0 Å². The lowest BCUT2D eigenvalue weighted by Crippen LogP contribution is -2.16. The normalized spacial score (nSPS) is 12.4. The third-order valence-electron chi connectivity index (χ3n) is 2.88. The first kappa shape index (κ1) is 10.5. The number of oxazole rings is 1. The van der Waals surface area contributed by atoms with Gasteiger partial charge in [-0.3, -0.25) is 0 Å². The summed E-state index contributed by atoms with van der Waals surface area (Å²) in [6.07, 6.45) is 0. The van der Waals surface area contributed by atoms with Crippen LogP contribution < -0.4 is 5.51 Å². The molecular weight excluding hydrogens is 226 g/mol. The number of rotatable bonds is 2. The van der Waals surface area contributed by atoms with Crippen LogP contribution in [0.3, 0.4) is 0 Å². The first-order valence-electron chi connectivity index (χ1n) is 6.00. The number of benzene rings is 2. The van der Waals surface area contributed by atoms with Crippen molar-refractivity contribution in [1.82, 2.24) is 4.98 Å². The summed E-state index contributed by atoms with van der Waals surface area (Å²) in [6.45, 7) is 4.47. The van der Waals surface area contributed by atoms with E-state index in [4.69, 9.17) is 4.42 Å². The molecule has 3 heteroatoms. The van der Waals surface area contributed by atoms with E-state index >= 15 is 0 Å². The summed E-state index contributed by atoms with van der Waals surface area (Å²) in [5.41, 5.74) is 3.60. The summed E-state index contributed by atoms with van der Waals surface area (Å²) in [5.74, 6) is 0. The monoisotopic (exact) mass is 241 g/mol. The van der Waals surface area contributed by atoms with Crippen LogP contribution in [0.15, 0.2) is 40.8 Å². The van der Waals surface area contributed by atoms with Crippen LogP contribution in [0.5, 0.6) is 0 Å². The lowest BCUT2D eigenvalue weighted by molar-refractivity contribution is 0.641. The van der Waals surface area contributed by atoms with Gasteiger partial charge in [-0.2, -0.15) is 0 Å². The molecule has 0 spiro atoms. The molecule has 0 radical (unpaired) electrons. The number of nitrogens with zero attached hydrogens (tertiary/aromatic N) is 1. The highest BCUT2D eigenvalue weighted by molar-refractivity contribution is 6.52.